The van der Waals surface area contributed by atoms with E-state index >= 15 is 0 Å². The Morgan fingerprint density at radius 3 is 2.64 bits per heavy atom. The van der Waals surface area contributed by atoms with Crippen molar-refractivity contribution in [3.05, 3.63) is 35.1 Å². The second-order valence-electron chi connectivity index (χ2n) is 6.12. The van der Waals surface area contributed by atoms with Crippen LogP contribution >= 0.6 is 12.6 Å². The van der Waals surface area contributed by atoms with E-state index < -0.39 is 46.2 Å². The third kappa shape index (κ3) is 6.08. The van der Waals surface area contributed by atoms with Gasteiger partial charge in [0.25, 0.3) is 10.2 Å². The van der Waals surface area contributed by atoms with Gasteiger partial charge in [-0.1, -0.05) is 0 Å². The van der Waals surface area contributed by atoms with Crippen molar-refractivity contribution in [2.24, 2.45) is 0 Å². The zero-order valence-corrected chi connectivity index (χ0v) is 16.7. The molecule has 1 aromatic rings. The summed E-state index contributed by atoms with van der Waals surface area (Å²) in [6, 6.07) is 0.495. The molecule has 0 amide bonds. The van der Waals surface area contributed by atoms with Crippen LogP contribution in [0.3, 0.4) is 0 Å². The van der Waals surface area contributed by atoms with E-state index in [9.17, 15) is 26.4 Å². The van der Waals surface area contributed by atoms with Crippen molar-refractivity contribution in [3.8, 4) is 0 Å². The summed E-state index contributed by atoms with van der Waals surface area (Å²) in [5.74, 6) is -4.18. The first-order valence-corrected chi connectivity index (χ1v) is 10.4. The van der Waals surface area contributed by atoms with Crippen LogP contribution in [-0.4, -0.2) is 56.3 Å². The second kappa shape index (κ2) is 9.92. The quantitative estimate of drug-likeness (QED) is 0.343. The lowest BCUT2D eigenvalue weighted by Gasteiger charge is -2.23. The van der Waals surface area contributed by atoms with Gasteiger partial charge in [-0.3, -0.25) is 4.79 Å². The molecule has 28 heavy (non-hydrogen) atoms. The topological polar surface area (TPSA) is 84.9 Å². The zero-order chi connectivity index (χ0) is 20.9. The van der Waals surface area contributed by atoms with E-state index in [-0.39, 0.29) is 37.2 Å². The molecule has 7 nitrogen and oxygen atoms in total. The van der Waals surface area contributed by atoms with Crippen molar-refractivity contribution < 1.29 is 35.9 Å². The lowest BCUT2D eigenvalue weighted by Crippen LogP contribution is -2.46. The first kappa shape index (κ1) is 22.9. The van der Waals surface area contributed by atoms with E-state index in [1.165, 1.54) is 0 Å². The fraction of sp³-hybridized carbons (Fsp3) is 0.562. The summed E-state index contributed by atoms with van der Waals surface area (Å²) in [4.78, 5) is 11.4. The van der Waals surface area contributed by atoms with Crippen molar-refractivity contribution in [2.45, 2.75) is 31.2 Å². The summed E-state index contributed by atoms with van der Waals surface area (Å²) in [6.07, 6.45) is 0.365. The number of benzene rings is 1. The highest BCUT2D eigenvalue weighted by molar-refractivity contribution is 7.87. The van der Waals surface area contributed by atoms with Crippen molar-refractivity contribution >= 4 is 28.8 Å². The first-order chi connectivity index (χ1) is 13.1. The molecule has 0 bridgehead atoms. The van der Waals surface area contributed by atoms with Crippen LogP contribution in [-0.2, 0) is 31.1 Å². The zero-order valence-electron chi connectivity index (χ0n) is 15.0. The van der Waals surface area contributed by atoms with Crippen LogP contribution in [0.1, 0.15) is 18.9 Å². The number of nitrogens with one attached hydrogen (secondary N) is 1. The molecule has 12 heteroatoms. The summed E-state index contributed by atoms with van der Waals surface area (Å²) < 4.78 is 77.9. The van der Waals surface area contributed by atoms with Gasteiger partial charge in [0.05, 0.1) is 25.9 Å². The van der Waals surface area contributed by atoms with Crippen molar-refractivity contribution in [3.63, 3.8) is 0 Å². The third-order valence-electron chi connectivity index (χ3n) is 4.01. The monoisotopic (exact) mass is 442 g/mol. The predicted molar refractivity (Wildman–Crippen MR) is 97.4 cm³/mol. The molecule has 1 N–H and O–H groups in total. The Hall–Kier alpha value is -1.34. The largest absolute Gasteiger partial charge is 0.465 e. The van der Waals surface area contributed by atoms with Gasteiger partial charge in [-0.25, -0.2) is 13.2 Å². The van der Waals surface area contributed by atoms with Gasteiger partial charge in [-0.15, -0.1) is 0 Å². The summed E-state index contributed by atoms with van der Waals surface area (Å²) >= 11 is 4.29. The molecule has 1 aliphatic heterocycles. The normalized spacial score (nSPS) is 20.5. The number of halogens is 3. The molecule has 0 spiro atoms. The Morgan fingerprint density at radius 2 is 1.96 bits per heavy atom. The van der Waals surface area contributed by atoms with Gasteiger partial charge in [-0.2, -0.15) is 30.1 Å². The first-order valence-electron chi connectivity index (χ1n) is 8.45. The average molecular weight is 442 g/mol. The number of carbonyl (C=O) groups excluding carboxylic acids is 1. The van der Waals surface area contributed by atoms with Crippen molar-refractivity contribution in [2.75, 3.05) is 26.3 Å². The molecule has 1 heterocycles. The van der Waals surface area contributed by atoms with E-state index in [0.29, 0.717) is 18.6 Å². The van der Waals surface area contributed by atoms with E-state index in [1.54, 1.807) is 6.92 Å². The minimum absolute atomic E-state index is 0.0921. The molecule has 1 saturated heterocycles. The Labute approximate surface area is 166 Å². The van der Waals surface area contributed by atoms with Crippen LogP contribution in [0.2, 0.25) is 0 Å². The summed E-state index contributed by atoms with van der Waals surface area (Å²) in [5, 5.41) is -0.257. The van der Waals surface area contributed by atoms with Gasteiger partial charge >= 0.3 is 5.97 Å². The third-order valence-corrected chi connectivity index (χ3v) is 5.96. The number of nitrogens with zero attached hydrogens (tertiary/aromatic N) is 1. The van der Waals surface area contributed by atoms with Crippen LogP contribution in [0.4, 0.5) is 13.2 Å². The summed E-state index contributed by atoms with van der Waals surface area (Å²) in [6.45, 7) is 0.824. The van der Waals surface area contributed by atoms with Gasteiger partial charge in [-0.05, 0) is 19.4 Å². The molecule has 2 atom stereocenters. The molecule has 1 aliphatic rings. The number of hydrogen-bond acceptors (Lipinski definition) is 6. The Kier molecular flexibility index (Phi) is 8.13. The molecule has 1 fully saturated rings. The van der Waals surface area contributed by atoms with Gasteiger partial charge < -0.3 is 9.47 Å². The second-order valence-corrected chi connectivity index (χ2v) is 8.56. The maximum absolute atomic E-state index is 13.6. The molecular weight excluding hydrogens is 421 g/mol. The average Bonchev–Trinajstić information content (AvgIpc) is 2.99. The SMILES string of the molecule is CCOC(=O)CNS(=O)(=O)N1C[C@H](S)C[C@H]1COCc1cc(F)c(F)cc1F. The van der Waals surface area contributed by atoms with Gasteiger partial charge in [0.2, 0.25) is 0 Å². The molecule has 0 aliphatic carbocycles. The van der Waals surface area contributed by atoms with E-state index in [1.807, 2.05) is 0 Å². The highest BCUT2D eigenvalue weighted by Gasteiger charge is 2.38. The molecule has 0 unspecified atom stereocenters. The molecule has 0 aromatic heterocycles. The van der Waals surface area contributed by atoms with Crippen LogP contribution in [0.15, 0.2) is 12.1 Å². The highest BCUT2D eigenvalue weighted by atomic mass is 32.2. The van der Waals surface area contributed by atoms with Crippen LogP contribution in [0.5, 0.6) is 0 Å². The fourth-order valence-electron chi connectivity index (χ4n) is 2.73. The molecule has 1 aromatic carbocycles. The molecule has 0 saturated carbocycles. The van der Waals surface area contributed by atoms with Crippen LogP contribution in [0.25, 0.3) is 0 Å². The Bertz CT molecular complexity index is 810. The molecular formula is C16H21F3N2O5S2. The fourth-order valence-corrected chi connectivity index (χ4v) is 4.64. The molecule has 158 valence electrons. The summed E-state index contributed by atoms with van der Waals surface area (Å²) in [5.41, 5.74) is -0.186. The van der Waals surface area contributed by atoms with Gasteiger partial charge in [0.1, 0.15) is 12.4 Å². The number of rotatable bonds is 9. The van der Waals surface area contributed by atoms with Crippen molar-refractivity contribution in [1.29, 1.82) is 0 Å². The highest BCUT2D eigenvalue weighted by Crippen LogP contribution is 2.25. The lowest BCUT2D eigenvalue weighted by atomic mass is 10.2. The van der Waals surface area contributed by atoms with Gasteiger partial charge in [0, 0.05) is 23.4 Å². The van der Waals surface area contributed by atoms with E-state index in [2.05, 4.69) is 22.1 Å². The van der Waals surface area contributed by atoms with Gasteiger partial charge in [0.15, 0.2) is 11.6 Å². The smallest absolute Gasteiger partial charge is 0.321 e. The number of esters is 1. The minimum Gasteiger partial charge on any atom is -0.465 e. The van der Waals surface area contributed by atoms with Crippen LogP contribution < -0.4 is 4.72 Å². The number of thiol groups is 1. The van der Waals surface area contributed by atoms with Crippen LogP contribution in [0, 0.1) is 17.5 Å². The number of ether oxygens (including phenoxy) is 2. The standard InChI is InChI=1S/C16H21F3N2O5S2/c1-2-26-16(22)6-20-28(23,24)21-7-12(27)4-11(21)9-25-8-10-3-14(18)15(19)5-13(10)17/h3,5,11-12,20,27H,2,4,6-9H2,1H3/t11-,12+/m0/s1. The maximum atomic E-state index is 13.6. The number of carbonyl (C=O) groups is 1. The summed E-state index contributed by atoms with van der Waals surface area (Å²) in [7, 11) is -4.00. The maximum Gasteiger partial charge on any atom is 0.321 e. The molecule has 2 rings (SSSR count). The lowest BCUT2D eigenvalue weighted by molar-refractivity contribution is -0.141. The van der Waals surface area contributed by atoms with Crippen molar-refractivity contribution in [1.82, 2.24) is 9.03 Å². The minimum atomic E-state index is -4.00. The Morgan fingerprint density at radius 1 is 1.29 bits per heavy atom. The van der Waals surface area contributed by atoms with E-state index in [4.69, 9.17) is 4.74 Å². The number of hydrogen-bond donors (Lipinski definition) is 2. The molecule has 0 radical (unpaired) electrons. The Balaban J connectivity index is 1.96. The van der Waals surface area contributed by atoms with E-state index in [0.717, 1.165) is 4.31 Å². The predicted octanol–water partition coefficient (Wildman–Crippen LogP) is 1.39.